The Bertz CT molecular complexity index is 1570. The van der Waals surface area contributed by atoms with Crippen LogP contribution in [0.4, 0.5) is 5.69 Å². The number of sulfone groups is 1. The molecule has 0 spiro atoms. The largest absolute Gasteiger partial charge is 0.324 e. The molecule has 0 saturated carbocycles. The fourth-order valence-electron chi connectivity index (χ4n) is 3.73. The smallest absolute Gasteiger partial charge is 0.244 e. The summed E-state index contributed by atoms with van der Waals surface area (Å²) in [6.07, 6.45) is 1.19. The van der Waals surface area contributed by atoms with Crippen molar-refractivity contribution < 1.29 is 13.2 Å². The van der Waals surface area contributed by atoms with Crippen LogP contribution < -0.4 is 10.7 Å². The van der Waals surface area contributed by atoms with E-state index in [1.165, 1.54) is 41.1 Å². The number of nitrogens with zero attached hydrogens (tertiary/aromatic N) is 2. The number of hydrogen-bond acceptors (Lipinski definition) is 5. The number of fused-ring (bicyclic) bond motifs is 1. The molecule has 4 rings (SSSR count). The molecule has 0 aliphatic rings. The van der Waals surface area contributed by atoms with E-state index in [2.05, 4.69) is 10.3 Å². The van der Waals surface area contributed by atoms with Crippen molar-refractivity contribution in [2.45, 2.75) is 37.1 Å². The van der Waals surface area contributed by atoms with Crippen LogP contribution in [0.3, 0.4) is 0 Å². The first-order chi connectivity index (χ1) is 16.1. The monoisotopic (exact) mass is 495 g/mol. The average Bonchev–Trinajstić information content (AvgIpc) is 2.78. The predicted octanol–water partition coefficient (Wildman–Crippen LogP) is 4.45. The zero-order valence-electron chi connectivity index (χ0n) is 18.8. The molecule has 0 saturated heterocycles. The molecular formula is C25H22ClN3O4S. The summed E-state index contributed by atoms with van der Waals surface area (Å²) in [7, 11) is -4.17. The molecule has 0 bridgehead atoms. The molecule has 34 heavy (non-hydrogen) atoms. The number of pyridine rings is 2. The normalized spacial score (nSPS) is 11.5. The van der Waals surface area contributed by atoms with Gasteiger partial charge in [0.15, 0.2) is 0 Å². The molecule has 1 amide bonds. The minimum absolute atomic E-state index is 0.0695. The first-order valence-electron chi connectivity index (χ1n) is 10.5. The van der Waals surface area contributed by atoms with Gasteiger partial charge >= 0.3 is 0 Å². The number of carbonyl (C=O) groups excluding carboxylic acids is 1. The Morgan fingerprint density at radius 3 is 2.29 bits per heavy atom. The molecule has 9 heteroatoms. The van der Waals surface area contributed by atoms with Crippen LogP contribution in [0.1, 0.15) is 16.8 Å². The Balaban J connectivity index is 1.84. The Hall–Kier alpha value is -3.49. The van der Waals surface area contributed by atoms with Crippen molar-refractivity contribution in [3.8, 4) is 0 Å². The van der Waals surface area contributed by atoms with Gasteiger partial charge < -0.3 is 9.88 Å². The number of amides is 1. The van der Waals surface area contributed by atoms with Crippen LogP contribution in [0.2, 0.25) is 5.02 Å². The zero-order valence-corrected chi connectivity index (χ0v) is 20.4. The minimum atomic E-state index is -4.17. The fourth-order valence-corrected chi connectivity index (χ4v) is 5.23. The molecule has 0 atom stereocenters. The van der Waals surface area contributed by atoms with Gasteiger partial charge in [0.05, 0.1) is 10.3 Å². The summed E-state index contributed by atoms with van der Waals surface area (Å²) in [6.45, 7) is 5.30. The van der Waals surface area contributed by atoms with Crippen molar-refractivity contribution >= 4 is 44.1 Å². The van der Waals surface area contributed by atoms with Crippen molar-refractivity contribution in [1.82, 2.24) is 9.55 Å². The molecule has 0 aliphatic carbocycles. The molecule has 0 radical (unpaired) electrons. The maximum Gasteiger partial charge on any atom is 0.244 e. The van der Waals surface area contributed by atoms with Gasteiger partial charge in [-0.25, -0.2) is 13.4 Å². The van der Waals surface area contributed by atoms with E-state index in [0.29, 0.717) is 16.4 Å². The summed E-state index contributed by atoms with van der Waals surface area (Å²) < 4.78 is 28.0. The summed E-state index contributed by atoms with van der Waals surface area (Å²) in [4.78, 5) is 30.1. The van der Waals surface area contributed by atoms with Gasteiger partial charge in [0.25, 0.3) is 0 Å². The molecule has 2 aromatic heterocycles. The van der Waals surface area contributed by atoms with Gasteiger partial charge in [0.1, 0.15) is 17.1 Å². The van der Waals surface area contributed by atoms with Crippen LogP contribution in [-0.2, 0) is 21.2 Å². The topological polar surface area (TPSA) is 98.1 Å². The molecule has 2 aromatic carbocycles. The number of hydrogen-bond donors (Lipinski definition) is 1. The van der Waals surface area contributed by atoms with Crippen molar-refractivity contribution in [2.24, 2.45) is 0 Å². The van der Waals surface area contributed by atoms with Gasteiger partial charge in [-0.15, -0.1) is 0 Å². The molecule has 0 unspecified atom stereocenters. The zero-order chi connectivity index (χ0) is 24.6. The Morgan fingerprint density at radius 1 is 1.00 bits per heavy atom. The van der Waals surface area contributed by atoms with Crippen LogP contribution in [0.15, 0.2) is 75.4 Å². The summed E-state index contributed by atoms with van der Waals surface area (Å²) >= 11 is 5.89. The second-order valence-corrected chi connectivity index (χ2v) is 10.4. The summed E-state index contributed by atoms with van der Waals surface area (Å²) in [5.74, 6) is -0.375. The van der Waals surface area contributed by atoms with Crippen LogP contribution in [0, 0.1) is 20.8 Å². The summed E-state index contributed by atoms with van der Waals surface area (Å²) in [6, 6.07) is 14.4. The highest BCUT2D eigenvalue weighted by molar-refractivity contribution is 7.91. The van der Waals surface area contributed by atoms with Crippen molar-refractivity contribution in [3.63, 3.8) is 0 Å². The molecule has 4 aromatic rings. The number of anilines is 1. The van der Waals surface area contributed by atoms with E-state index in [1.807, 2.05) is 32.0 Å². The number of para-hydroxylation sites is 1. The quantitative estimate of drug-likeness (QED) is 0.441. The number of carbonyl (C=O) groups is 1. The predicted molar refractivity (Wildman–Crippen MR) is 132 cm³/mol. The number of aromatic nitrogens is 2. The first-order valence-corrected chi connectivity index (χ1v) is 12.3. The number of nitrogens with one attached hydrogen (secondary N) is 1. The number of aryl methyl sites for hydroxylation is 3. The first kappa shape index (κ1) is 23.7. The van der Waals surface area contributed by atoms with E-state index < -0.39 is 20.2 Å². The van der Waals surface area contributed by atoms with Crippen LogP contribution >= 0.6 is 11.6 Å². The Morgan fingerprint density at radius 2 is 1.65 bits per heavy atom. The number of rotatable bonds is 5. The van der Waals surface area contributed by atoms with E-state index in [-0.39, 0.29) is 28.4 Å². The average molecular weight is 496 g/mol. The van der Waals surface area contributed by atoms with Gasteiger partial charge in [-0.05, 0) is 68.3 Å². The number of halogens is 1. The second kappa shape index (κ2) is 9.04. The summed E-state index contributed by atoms with van der Waals surface area (Å²) in [5.41, 5.74) is 2.68. The highest BCUT2D eigenvalue weighted by atomic mass is 35.5. The van der Waals surface area contributed by atoms with Gasteiger partial charge in [0.2, 0.25) is 21.2 Å². The Labute approximate surface area is 202 Å². The fraction of sp³-hybridized carbons (Fsp3) is 0.160. The van der Waals surface area contributed by atoms with Crippen molar-refractivity contribution in [2.75, 3.05) is 5.32 Å². The minimum Gasteiger partial charge on any atom is -0.324 e. The van der Waals surface area contributed by atoms with Gasteiger partial charge in [-0.1, -0.05) is 29.8 Å². The van der Waals surface area contributed by atoms with E-state index >= 15 is 0 Å². The lowest BCUT2D eigenvalue weighted by atomic mass is 10.1. The van der Waals surface area contributed by atoms with Crippen molar-refractivity contribution in [3.05, 3.63) is 92.9 Å². The number of benzene rings is 2. The molecule has 174 valence electrons. The lowest BCUT2D eigenvalue weighted by Crippen LogP contribution is -2.25. The van der Waals surface area contributed by atoms with Crippen LogP contribution in [0.5, 0.6) is 0 Å². The van der Waals surface area contributed by atoms with Crippen molar-refractivity contribution in [1.29, 1.82) is 0 Å². The third-order valence-corrected chi connectivity index (χ3v) is 7.52. The molecule has 0 aliphatic heterocycles. The lowest BCUT2D eigenvalue weighted by Gasteiger charge is -2.15. The van der Waals surface area contributed by atoms with Gasteiger partial charge in [-0.3, -0.25) is 9.59 Å². The maximum absolute atomic E-state index is 13.3. The maximum atomic E-state index is 13.3. The lowest BCUT2D eigenvalue weighted by molar-refractivity contribution is -0.116. The van der Waals surface area contributed by atoms with Gasteiger partial charge in [0, 0.05) is 22.6 Å². The highest BCUT2D eigenvalue weighted by Gasteiger charge is 2.25. The highest BCUT2D eigenvalue weighted by Crippen LogP contribution is 2.23. The van der Waals surface area contributed by atoms with E-state index in [0.717, 1.165) is 11.1 Å². The van der Waals surface area contributed by atoms with Crippen LogP contribution in [-0.4, -0.2) is 23.9 Å². The van der Waals surface area contributed by atoms with E-state index in [1.54, 1.807) is 13.0 Å². The molecule has 1 N–H and O–H groups in total. The molecule has 2 heterocycles. The SMILES string of the molecule is Cc1ccc2c(=O)c(S(=O)(=O)c3ccc(Cl)cc3)cn(CC(=O)Nc3c(C)cccc3C)c2n1. The molecular weight excluding hydrogens is 474 g/mol. The standard InChI is InChI=1S/C25H22ClN3O4S/c1-15-5-4-6-16(2)23(15)28-22(30)14-29-13-21(24(31)20-12-7-17(3)27-25(20)29)34(32,33)19-10-8-18(26)9-11-19/h4-13H,14H2,1-3H3,(H,28,30). The summed E-state index contributed by atoms with van der Waals surface area (Å²) in [5, 5.41) is 3.37. The molecule has 7 nitrogen and oxygen atoms in total. The van der Waals surface area contributed by atoms with Gasteiger partial charge in [-0.2, -0.15) is 0 Å². The third kappa shape index (κ3) is 4.47. The molecule has 0 fully saturated rings. The van der Waals surface area contributed by atoms with Crippen LogP contribution in [0.25, 0.3) is 11.0 Å². The van der Waals surface area contributed by atoms with E-state index in [4.69, 9.17) is 11.6 Å². The Kier molecular flexibility index (Phi) is 6.29. The van der Waals surface area contributed by atoms with E-state index in [9.17, 15) is 18.0 Å². The second-order valence-electron chi connectivity index (χ2n) is 8.05. The third-order valence-electron chi connectivity index (χ3n) is 5.50.